The molecule has 0 radical (unpaired) electrons. The maximum absolute atomic E-state index is 14.0. The van der Waals surface area contributed by atoms with Gasteiger partial charge in [-0.05, 0) is 24.3 Å². The van der Waals surface area contributed by atoms with Gasteiger partial charge in [0.05, 0.1) is 40.4 Å². The van der Waals surface area contributed by atoms with Crippen LogP contribution in [0.3, 0.4) is 0 Å². The Morgan fingerprint density at radius 1 is 1.20 bits per heavy atom. The number of carbonyl (C=O) groups is 1. The van der Waals surface area contributed by atoms with Crippen molar-refractivity contribution in [3.05, 3.63) is 70.4 Å². The van der Waals surface area contributed by atoms with Crippen molar-refractivity contribution in [1.29, 1.82) is 5.41 Å². The van der Waals surface area contributed by atoms with Gasteiger partial charge in [-0.25, -0.2) is 4.98 Å². The molecule has 0 saturated heterocycles. The molecule has 2 aromatic carbocycles. The smallest absolute Gasteiger partial charge is 0.325 e. The maximum Gasteiger partial charge on any atom is 0.325 e. The second kappa shape index (κ2) is 12.4. The number of nitrogens with one attached hydrogen (secondary N) is 1. The van der Waals surface area contributed by atoms with Crippen molar-refractivity contribution in [3.8, 4) is 11.5 Å². The summed E-state index contributed by atoms with van der Waals surface area (Å²) in [7, 11) is 4.25. The zero-order valence-electron chi connectivity index (χ0n) is 21.9. The molecule has 1 aliphatic rings. The van der Waals surface area contributed by atoms with Gasteiger partial charge in [-0.3, -0.25) is 4.79 Å². The number of halogens is 3. The number of nitrogens with zero attached hydrogens (tertiary/aromatic N) is 2. The molecule has 0 unspecified atom stereocenters. The van der Waals surface area contributed by atoms with E-state index in [-0.39, 0.29) is 36.7 Å². The number of nitrogens with two attached hydrogens (primary N) is 1. The fraction of sp³-hybridized carbons (Fsp3) is 0.333. The zero-order valence-corrected chi connectivity index (χ0v) is 22.7. The Labute approximate surface area is 233 Å². The van der Waals surface area contributed by atoms with E-state index in [4.69, 9.17) is 41.4 Å². The Bertz CT molecular complexity index is 1440. The molecule has 212 valence electrons. The van der Waals surface area contributed by atoms with Crippen LogP contribution in [0.25, 0.3) is 0 Å². The van der Waals surface area contributed by atoms with E-state index in [1.54, 1.807) is 24.3 Å². The number of carbonyl (C=O) groups excluding carboxylic acids is 1. The third-order valence-electron chi connectivity index (χ3n) is 6.33. The summed E-state index contributed by atoms with van der Waals surface area (Å²) in [5.41, 5.74) is 7.56. The SMILES string of the molecule is COC(=O)CCc1cnc(C[C@H]2O[C@H](c3cccc(OC)c3OC)c3cc(Cl)ccc3[N+](C(=N)C(F)F)=C2N)o1. The van der Waals surface area contributed by atoms with Crippen LogP contribution < -0.4 is 15.2 Å². The van der Waals surface area contributed by atoms with Crippen molar-refractivity contribution in [2.45, 2.75) is 37.9 Å². The van der Waals surface area contributed by atoms with Crippen LogP contribution in [0, 0.1) is 5.41 Å². The van der Waals surface area contributed by atoms with E-state index in [2.05, 4.69) is 9.72 Å². The molecule has 2 atom stereocenters. The van der Waals surface area contributed by atoms with E-state index in [1.165, 1.54) is 39.7 Å². The minimum Gasteiger partial charge on any atom is -0.493 e. The van der Waals surface area contributed by atoms with Crippen molar-refractivity contribution in [2.24, 2.45) is 5.73 Å². The van der Waals surface area contributed by atoms with E-state index in [9.17, 15) is 13.6 Å². The first-order valence-electron chi connectivity index (χ1n) is 12.1. The Kier molecular flexibility index (Phi) is 9.00. The van der Waals surface area contributed by atoms with Crippen molar-refractivity contribution >= 4 is 34.9 Å². The highest BCUT2D eigenvalue weighted by Gasteiger charge is 2.39. The van der Waals surface area contributed by atoms with Gasteiger partial charge in [0.2, 0.25) is 5.84 Å². The molecule has 0 bridgehead atoms. The summed E-state index contributed by atoms with van der Waals surface area (Å²) in [4.78, 5) is 15.8. The number of rotatable bonds is 9. The van der Waals surface area contributed by atoms with Gasteiger partial charge in [-0.1, -0.05) is 23.7 Å². The Balaban J connectivity index is 1.84. The number of oxazole rings is 1. The largest absolute Gasteiger partial charge is 0.493 e. The molecule has 0 fully saturated rings. The number of alkyl halides is 2. The second-order valence-electron chi connectivity index (χ2n) is 8.74. The van der Waals surface area contributed by atoms with Crippen LogP contribution in [-0.2, 0) is 27.1 Å². The number of ether oxygens (including phenoxy) is 4. The normalized spacial score (nSPS) is 16.9. The first-order chi connectivity index (χ1) is 19.2. The molecule has 1 aliphatic heterocycles. The molecule has 13 heteroatoms. The maximum atomic E-state index is 14.0. The van der Waals surface area contributed by atoms with Crippen molar-refractivity contribution in [1.82, 2.24) is 4.98 Å². The molecule has 3 N–H and O–H groups in total. The average molecular weight is 578 g/mol. The third-order valence-corrected chi connectivity index (χ3v) is 6.56. The number of methoxy groups -OCH3 is 3. The lowest BCUT2D eigenvalue weighted by Crippen LogP contribution is -2.42. The van der Waals surface area contributed by atoms with Crippen LogP contribution in [-0.4, -0.2) is 61.1 Å². The van der Waals surface area contributed by atoms with Gasteiger partial charge in [-0.15, -0.1) is 0 Å². The molecule has 3 aromatic rings. The van der Waals surface area contributed by atoms with Crippen molar-refractivity contribution in [2.75, 3.05) is 21.3 Å². The van der Waals surface area contributed by atoms with Crippen LogP contribution in [0.2, 0.25) is 5.02 Å². The van der Waals surface area contributed by atoms with E-state index in [1.807, 2.05) is 0 Å². The van der Waals surface area contributed by atoms with Crippen LogP contribution in [0.15, 0.2) is 47.0 Å². The van der Waals surface area contributed by atoms with Gasteiger partial charge in [-0.2, -0.15) is 18.8 Å². The molecule has 0 amide bonds. The molecule has 4 rings (SSSR count). The van der Waals surface area contributed by atoms with Gasteiger partial charge in [0.1, 0.15) is 17.6 Å². The van der Waals surface area contributed by atoms with Gasteiger partial charge < -0.3 is 29.1 Å². The summed E-state index contributed by atoms with van der Waals surface area (Å²) in [6, 6.07) is 9.77. The molecule has 40 heavy (non-hydrogen) atoms. The number of hydrogen-bond acceptors (Lipinski definition) is 9. The molecule has 2 heterocycles. The van der Waals surface area contributed by atoms with E-state index in [0.29, 0.717) is 33.4 Å². The van der Waals surface area contributed by atoms with Gasteiger partial charge in [0, 0.05) is 22.6 Å². The highest BCUT2D eigenvalue weighted by atomic mass is 35.5. The summed E-state index contributed by atoms with van der Waals surface area (Å²) < 4.78 is 56.9. The number of para-hydroxylation sites is 1. The van der Waals surface area contributed by atoms with Crippen LogP contribution in [0.1, 0.15) is 35.3 Å². The van der Waals surface area contributed by atoms with Gasteiger partial charge in [0.15, 0.2) is 23.5 Å². The standard InChI is InChI=1S/C27H27ClF2N4O6/c1-36-19-6-4-5-16(24(19)38-3)23-17-11-14(28)7-9-18(17)34(27(32)25(29)30)26(31)20(40-23)12-21-33-13-15(39-21)8-10-22(35)37-2/h4-7,9,11,13,20,23,25,31-32H,8,10,12H2,1-3H3/p+1/t20-,23-/m1/s1. The highest BCUT2D eigenvalue weighted by Crippen LogP contribution is 2.44. The molecule has 10 nitrogen and oxygen atoms in total. The number of hydrogen-bond donors (Lipinski definition) is 2. The predicted molar refractivity (Wildman–Crippen MR) is 141 cm³/mol. The number of aromatic nitrogens is 1. The predicted octanol–water partition coefficient (Wildman–Crippen LogP) is 4.43. The fourth-order valence-electron chi connectivity index (χ4n) is 4.45. The highest BCUT2D eigenvalue weighted by molar-refractivity contribution is 6.30. The molecular formula is C27H28ClF2N4O6+. The van der Waals surface area contributed by atoms with E-state index < -0.39 is 30.4 Å². The van der Waals surface area contributed by atoms with Gasteiger partial charge in [0.25, 0.3) is 0 Å². The summed E-state index contributed by atoms with van der Waals surface area (Å²) in [6.07, 6.45) is -3.43. The quantitative estimate of drug-likeness (QED) is 0.165. The molecule has 1 aromatic heterocycles. The van der Waals surface area contributed by atoms with Crippen LogP contribution >= 0.6 is 11.6 Å². The lowest BCUT2D eigenvalue weighted by Gasteiger charge is -2.24. The molecule has 0 saturated carbocycles. The Morgan fingerprint density at radius 2 is 1.98 bits per heavy atom. The lowest BCUT2D eigenvalue weighted by molar-refractivity contribution is -0.324. The third kappa shape index (κ3) is 5.92. The fourth-order valence-corrected chi connectivity index (χ4v) is 4.63. The lowest BCUT2D eigenvalue weighted by atomic mass is 9.98. The monoisotopic (exact) mass is 577 g/mol. The minimum absolute atomic E-state index is 0.0679. The van der Waals surface area contributed by atoms with Crippen molar-refractivity contribution < 1.29 is 41.5 Å². The minimum atomic E-state index is -3.14. The number of fused-ring (bicyclic) bond motifs is 1. The number of benzene rings is 2. The van der Waals surface area contributed by atoms with Crippen molar-refractivity contribution in [3.63, 3.8) is 0 Å². The summed E-state index contributed by atoms with van der Waals surface area (Å²) >= 11 is 6.34. The Hall–Kier alpha value is -4.03. The number of esters is 1. The first-order valence-corrected chi connectivity index (χ1v) is 12.5. The van der Waals surface area contributed by atoms with Crippen LogP contribution in [0.5, 0.6) is 11.5 Å². The van der Waals surface area contributed by atoms with E-state index in [0.717, 1.165) is 4.58 Å². The summed E-state index contributed by atoms with van der Waals surface area (Å²) in [6.45, 7) is 0. The summed E-state index contributed by atoms with van der Waals surface area (Å²) in [5, 5.41) is 8.53. The average Bonchev–Trinajstić information content (AvgIpc) is 3.36. The van der Waals surface area contributed by atoms with Gasteiger partial charge >= 0.3 is 18.2 Å². The molecular weight excluding hydrogens is 550 g/mol. The second-order valence-corrected chi connectivity index (χ2v) is 9.17. The molecule has 0 spiro atoms. The first kappa shape index (κ1) is 29.0. The molecule has 0 aliphatic carbocycles. The van der Waals surface area contributed by atoms with E-state index >= 15 is 0 Å². The zero-order chi connectivity index (χ0) is 29.0. The Morgan fingerprint density at radius 3 is 2.65 bits per heavy atom. The topological polar surface area (TPSA) is 133 Å². The number of aryl methyl sites for hydroxylation is 1. The number of amidine groups is 2. The van der Waals surface area contributed by atoms with Crippen LogP contribution in [0.4, 0.5) is 14.5 Å². The summed E-state index contributed by atoms with van der Waals surface area (Å²) in [5.74, 6) is -0.230.